The second-order valence-electron chi connectivity index (χ2n) is 7.44. The van der Waals surface area contributed by atoms with E-state index in [0.717, 1.165) is 21.3 Å². The van der Waals surface area contributed by atoms with Gasteiger partial charge in [-0.3, -0.25) is 9.59 Å². The van der Waals surface area contributed by atoms with Crippen molar-refractivity contribution in [2.45, 2.75) is 10.3 Å². The van der Waals surface area contributed by atoms with Gasteiger partial charge >= 0.3 is 0 Å². The highest BCUT2D eigenvalue weighted by Crippen LogP contribution is 2.65. The summed E-state index contributed by atoms with van der Waals surface area (Å²) in [6.07, 6.45) is 0. The van der Waals surface area contributed by atoms with Gasteiger partial charge in [0, 0.05) is 21.2 Å². The van der Waals surface area contributed by atoms with Crippen LogP contribution in [0.5, 0.6) is 0 Å². The molecule has 0 bridgehead atoms. The van der Waals surface area contributed by atoms with Crippen LogP contribution >= 0.6 is 57.4 Å². The molecule has 1 saturated carbocycles. The van der Waals surface area contributed by atoms with E-state index in [-0.39, 0.29) is 27.9 Å². The van der Waals surface area contributed by atoms with Gasteiger partial charge in [0.05, 0.1) is 22.2 Å². The van der Waals surface area contributed by atoms with E-state index in [1.165, 1.54) is 18.2 Å². The van der Waals surface area contributed by atoms with Crippen molar-refractivity contribution in [2.75, 3.05) is 10.6 Å². The quantitative estimate of drug-likeness (QED) is 0.238. The summed E-state index contributed by atoms with van der Waals surface area (Å²) in [6.45, 7) is 0. The molecule has 33 heavy (non-hydrogen) atoms. The van der Waals surface area contributed by atoms with E-state index < -0.39 is 33.7 Å². The summed E-state index contributed by atoms with van der Waals surface area (Å²) in [4.78, 5) is 25.5. The zero-order valence-electron chi connectivity index (χ0n) is 16.5. The van der Waals surface area contributed by atoms with E-state index in [0.29, 0.717) is 6.07 Å². The minimum Gasteiger partial charge on any atom is -0.326 e. The first-order chi connectivity index (χ1) is 15.6. The fourth-order valence-corrected chi connectivity index (χ4v) is 4.91. The predicted molar refractivity (Wildman–Crippen MR) is 134 cm³/mol. The summed E-state index contributed by atoms with van der Waals surface area (Å²) in [6, 6.07) is 14.6. The van der Waals surface area contributed by atoms with Crippen molar-refractivity contribution in [1.82, 2.24) is 0 Å². The highest BCUT2D eigenvalue weighted by molar-refractivity contribution is 14.1. The van der Waals surface area contributed by atoms with Gasteiger partial charge in [-0.2, -0.15) is 0 Å². The number of rotatable bonds is 5. The maximum atomic E-state index is 13.9. The van der Waals surface area contributed by atoms with Gasteiger partial charge < -0.3 is 10.6 Å². The first-order valence-corrected chi connectivity index (χ1v) is 11.8. The molecule has 0 saturated heterocycles. The lowest BCUT2D eigenvalue weighted by molar-refractivity contribution is -0.117. The normalized spacial score (nSPS) is 18.5. The fourth-order valence-electron chi connectivity index (χ4n) is 3.52. The lowest BCUT2D eigenvalue weighted by atomic mass is 10.1. The molecule has 0 heterocycles. The molecule has 1 fully saturated rings. The summed E-state index contributed by atoms with van der Waals surface area (Å²) in [5.74, 6) is -3.92. The van der Waals surface area contributed by atoms with Crippen LogP contribution in [-0.2, 0) is 4.79 Å². The van der Waals surface area contributed by atoms with Crippen LogP contribution < -0.4 is 10.6 Å². The summed E-state index contributed by atoms with van der Waals surface area (Å²) >= 11 is 21.1. The van der Waals surface area contributed by atoms with E-state index in [9.17, 15) is 18.4 Å². The molecule has 1 aliphatic rings. The molecule has 4 rings (SSSR count). The summed E-state index contributed by atoms with van der Waals surface area (Å²) < 4.78 is 26.7. The van der Waals surface area contributed by atoms with E-state index >= 15 is 0 Å². The maximum Gasteiger partial charge on any atom is 0.257 e. The zero-order valence-corrected chi connectivity index (χ0v) is 20.9. The number of hydrogen-bond acceptors (Lipinski definition) is 2. The number of alkyl halides is 2. The Labute approximate surface area is 216 Å². The Morgan fingerprint density at radius 2 is 1.64 bits per heavy atom. The van der Waals surface area contributed by atoms with E-state index in [1.807, 2.05) is 24.3 Å². The molecular weight excluding hydrogens is 608 g/mol. The van der Waals surface area contributed by atoms with Gasteiger partial charge in [0.1, 0.15) is 16.0 Å². The van der Waals surface area contributed by atoms with Crippen LogP contribution in [0.25, 0.3) is 0 Å². The van der Waals surface area contributed by atoms with E-state index in [2.05, 4.69) is 33.2 Å². The third kappa shape index (κ3) is 5.11. The Morgan fingerprint density at radius 1 is 0.939 bits per heavy atom. The number of nitrogens with one attached hydrogen (secondary N) is 2. The summed E-state index contributed by atoms with van der Waals surface area (Å²) in [5, 5.41) is 5.12. The average Bonchev–Trinajstić information content (AvgIpc) is 3.34. The van der Waals surface area contributed by atoms with Gasteiger partial charge in [-0.05, 0) is 70.6 Å². The second kappa shape index (κ2) is 9.37. The van der Waals surface area contributed by atoms with Crippen LogP contribution in [0.4, 0.5) is 20.2 Å². The van der Waals surface area contributed by atoms with Crippen molar-refractivity contribution in [1.29, 1.82) is 0 Å². The van der Waals surface area contributed by atoms with E-state index in [1.54, 1.807) is 0 Å². The van der Waals surface area contributed by atoms with Crippen LogP contribution in [-0.4, -0.2) is 16.1 Å². The number of halogens is 6. The molecule has 170 valence electrons. The average molecular weight is 622 g/mol. The first-order valence-electron chi connectivity index (χ1n) is 9.58. The third-order valence-corrected chi connectivity index (χ3v) is 7.21. The molecule has 2 atom stereocenters. The molecule has 10 heteroatoms. The Kier molecular flexibility index (Phi) is 6.87. The van der Waals surface area contributed by atoms with E-state index in [4.69, 9.17) is 34.8 Å². The molecule has 0 aliphatic heterocycles. The van der Waals surface area contributed by atoms with Crippen LogP contribution in [0.15, 0.2) is 60.7 Å². The number of amides is 2. The van der Waals surface area contributed by atoms with Crippen LogP contribution in [0.2, 0.25) is 5.02 Å². The largest absolute Gasteiger partial charge is 0.326 e. The van der Waals surface area contributed by atoms with Crippen LogP contribution in [0, 0.1) is 21.1 Å². The zero-order chi connectivity index (χ0) is 23.9. The van der Waals surface area contributed by atoms with Crippen molar-refractivity contribution in [2.24, 2.45) is 5.92 Å². The smallest absolute Gasteiger partial charge is 0.257 e. The number of anilines is 2. The van der Waals surface area contributed by atoms with Crippen LogP contribution in [0.1, 0.15) is 21.8 Å². The Hall–Kier alpha value is -1.94. The molecule has 3 aromatic rings. The molecular formula is C23H14Cl3F2IN2O2. The second-order valence-corrected chi connectivity index (χ2v) is 10.5. The third-order valence-electron chi connectivity index (χ3n) is 5.22. The molecule has 1 aliphatic carbocycles. The lowest BCUT2D eigenvalue weighted by Gasteiger charge is -2.11. The molecule has 0 radical (unpaired) electrons. The Balaban J connectivity index is 1.50. The fraction of sp³-hybridized carbons (Fsp3) is 0.130. The maximum absolute atomic E-state index is 13.9. The molecule has 0 spiro atoms. The van der Waals surface area contributed by atoms with Crippen molar-refractivity contribution in [3.05, 3.63) is 92.0 Å². The molecule has 0 aromatic heterocycles. The van der Waals surface area contributed by atoms with Gasteiger partial charge in [-0.1, -0.05) is 23.7 Å². The topological polar surface area (TPSA) is 58.2 Å². The van der Waals surface area contributed by atoms with Gasteiger partial charge in [-0.25, -0.2) is 8.78 Å². The Bertz CT molecular complexity index is 1250. The SMILES string of the molecule is O=C(Nc1ccc(F)cc1F)c1cc(NC(=O)[C@H]2[C@H](c3ccc(I)cc3)C2(Cl)Cl)ccc1Cl. The minimum atomic E-state index is -1.26. The molecule has 0 unspecified atom stereocenters. The standard InChI is InChI=1S/C23H14Cl3F2IN2O2/c24-16-7-6-14(10-15(16)21(32)31-18-8-3-12(27)9-17(18)28)30-22(33)20-19(23(20,25)26)11-1-4-13(29)5-2-11/h1-10,19-20H,(H,30,33)(H,31,32)/t19-,20+/m0/s1. The number of carbonyl (C=O) groups is 2. The van der Waals surface area contributed by atoms with Crippen molar-refractivity contribution < 1.29 is 18.4 Å². The van der Waals surface area contributed by atoms with Gasteiger partial charge in [0.2, 0.25) is 5.91 Å². The number of hydrogen-bond donors (Lipinski definition) is 2. The molecule has 3 aromatic carbocycles. The highest BCUT2D eigenvalue weighted by atomic mass is 127. The first kappa shape index (κ1) is 24.2. The van der Waals surface area contributed by atoms with Crippen LogP contribution in [0.3, 0.4) is 0 Å². The monoisotopic (exact) mass is 620 g/mol. The Morgan fingerprint density at radius 3 is 2.30 bits per heavy atom. The number of benzene rings is 3. The minimum absolute atomic E-state index is 0.00816. The van der Waals surface area contributed by atoms with Gasteiger partial charge in [0.15, 0.2) is 0 Å². The molecule has 4 nitrogen and oxygen atoms in total. The van der Waals surface area contributed by atoms with Gasteiger partial charge in [-0.15, -0.1) is 23.2 Å². The van der Waals surface area contributed by atoms with Crippen molar-refractivity contribution in [3.63, 3.8) is 0 Å². The highest BCUT2D eigenvalue weighted by Gasteiger charge is 2.67. The van der Waals surface area contributed by atoms with Gasteiger partial charge in [0.25, 0.3) is 5.91 Å². The summed E-state index contributed by atoms with van der Waals surface area (Å²) in [7, 11) is 0. The number of carbonyl (C=O) groups excluding carboxylic acids is 2. The molecule has 2 N–H and O–H groups in total. The predicted octanol–water partition coefficient (Wildman–Crippen LogP) is 7.00. The lowest BCUT2D eigenvalue weighted by Crippen LogP contribution is -2.18. The molecule has 2 amide bonds. The van der Waals surface area contributed by atoms with Crippen molar-refractivity contribution >= 4 is 80.6 Å². The summed E-state index contributed by atoms with van der Waals surface area (Å²) in [5.41, 5.74) is 0.912. The van der Waals surface area contributed by atoms with Crippen molar-refractivity contribution in [3.8, 4) is 0 Å².